The van der Waals surface area contributed by atoms with Gasteiger partial charge in [0.2, 0.25) is 0 Å². The molecule has 1 atom stereocenters. The molecule has 1 unspecified atom stereocenters. The van der Waals surface area contributed by atoms with Crippen molar-refractivity contribution in [3.8, 4) is 0 Å². The highest BCUT2D eigenvalue weighted by Crippen LogP contribution is 2.27. The van der Waals surface area contributed by atoms with Crippen LogP contribution in [0.25, 0.3) is 0 Å². The first-order chi connectivity index (χ1) is 10.1. The normalized spacial score (nSPS) is 12.8. The third-order valence-electron chi connectivity index (χ3n) is 3.63. The summed E-state index contributed by atoms with van der Waals surface area (Å²) >= 11 is 6.40. The van der Waals surface area contributed by atoms with Crippen molar-refractivity contribution in [3.05, 3.63) is 34.6 Å². The van der Waals surface area contributed by atoms with Gasteiger partial charge in [-0.2, -0.15) is 5.10 Å². The van der Waals surface area contributed by atoms with Gasteiger partial charge in [-0.15, -0.1) is 0 Å². The van der Waals surface area contributed by atoms with Gasteiger partial charge in [0.15, 0.2) is 0 Å². The SMILES string of the molecule is CCCn1cncc1C(O)Cc1c(Cl)c(CC)nn1CC. The molecule has 0 aromatic carbocycles. The number of imidazole rings is 1. The Bertz CT molecular complexity index is 591. The van der Waals surface area contributed by atoms with E-state index in [1.54, 1.807) is 12.5 Å². The van der Waals surface area contributed by atoms with Crippen molar-refractivity contribution in [2.45, 2.75) is 59.2 Å². The Morgan fingerprint density at radius 1 is 1.33 bits per heavy atom. The van der Waals surface area contributed by atoms with Crippen molar-refractivity contribution < 1.29 is 5.11 Å². The zero-order valence-corrected chi connectivity index (χ0v) is 13.6. The van der Waals surface area contributed by atoms with Crippen molar-refractivity contribution in [2.75, 3.05) is 0 Å². The fourth-order valence-corrected chi connectivity index (χ4v) is 2.88. The molecule has 2 aromatic heterocycles. The van der Waals surface area contributed by atoms with Gasteiger partial charge >= 0.3 is 0 Å². The van der Waals surface area contributed by atoms with Gasteiger partial charge in [0, 0.05) is 19.5 Å². The Morgan fingerprint density at radius 3 is 2.71 bits per heavy atom. The average Bonchev–Trinajstić information content (AvgIpc) is 3.05. The van der Waals surface area contributed by atoms with E-state index in [0.29, 0.717) is 11.4 Å². The number of rotatable bonds is 7. The zero-order valence-electron chi connectivity index (χ0n) is 12.9. The maximum absolute atomic E-state index is 10.5. The molecule has 0 bridgehead atoms. The van der Waals surface area contributed by atoms with Gasteiger partial charge in [-0.1, -0.05) is 25.4 Å². The monoisotopic (exact) mass is 310 g/mol. The number of aromatic nitrogens is 4. The summed E-state index contributed by atoms with van der Waals surface area (Å²) in [5.41, 5.74) is 2.62. The minimum absolute atomic E-state index is 0.453. The molecule has 2 aromatic rings. The van der Waals surface area contributed by atoms with Crippen LogP contribution in [-0.2, 0) is 25.9 Å². The standard InChI is InChI=1S/C15H23ClN4O/c1-4-7-19-10-17-9-13(19)14(21)8-12-15(16)11(5-2)18-20(12)6-3/h9-10,14,21H,4-8H2,1-3H3. The molecule has 0 spiro atoms. The topological polar surface area (TPSA) is 55.9 Å². The summed E-state index contributed by atoms with van der Waals surface area (Å²) in [7, 11) is 0. The summed E-state index contributed by atoms with van der Waals surface area (Å²) in [6.45, 7) is 7.76. The largest absolute Gasteiger partial charge is 0.386 e. The van der Waals surface area contributed by atoms with E-state index in [9.17, 15) is 5.11 Å². The molecular weight excluding hydrogens is 288 g/mol. The van der Waals surface area contributed by atoms with E-state index < -0.39 is 6.10 Å². The van der Waals surface area contributed by atoms with E-state index in [4.69, 9.17) is 11.6 Å². The Morgan fingerprint density at radius 2 is 2.10 bits per heavy atom. The number of aliphatic hydroxyl groups excluding tert-OH is 1. The summed E-state index contributed by atoms with van der Waals surface area (Å²) in [6, 6.07) is 0. The van der Waals surface area contributed by atoms with Crippen LogP contribution >= 0.6 is 11.6 Å². The smallest absolute Gasteiger partial charge is 0.101 e. The molecule has 0 radical (unpaired) electrons. The number of nitrogens with zero attached hydrogens (tertiary/aromatic N) is 4. The molecular formula is C15H23ClN4O. The van der Waals surface area contributed by atoms with Crippen molar-refractivity contribution in [1.82, 2.24) is 19.3 Å². The van der Waals surface area contributed by atoms with Gasteiger partial charge in [0.25, 0.3) is 0 Å². The van der Waals surface area contributed by atoms with Crippen LogP contribution in [0.1, 0.15) is 50.4 Å². The molecule has 0 aliphatic carbocycles. The minimum Gasteiger partial charge on any atom is -0.386 e. The molecule has 0 aliphatic rings. The average molecular weight is 311 g/mol. The fourth-order valence-electron chi connectivity index (χ4n) is 2.54. The maximum atomic E-state index is 10.5. The van der Waals surface area contributed by atoms with Crippen LogP contribution in [0, 0.1) is 0 Å². The summed E-state index contributed by atoms with van der Waals surface area (Å²) in [6.07, 6.45) is 5.12. The maximum Gasteiger partial charge on any atom is 0.101 e. The molecule has 0 saturated heterocycles. The van der Waals surface area contributed by atoms with E-state index in [1.165, 1.54) is 0 Å². The Labute approximate surface area is 130 Å². The first kappa shape index (κ1) is 16.0. The van der Waals surface area contributed by atoms with Crippen LogP contribution < -0.4 is 0 Å². The van der Waals surface area contributed by atoms with E-state index in [2.05, 4.69) is 17.0 Å². The molecule has 0 amide bonds. The molecule has 5 nitrogen and oxygen atoms in total. The highest BCUT2D eigenvalue weighted by molar-refractivity contribution is 6.31. The second-order valence-electron chi connectivity index (χ2n) is 5.11. The summed E-state index contributed by atoms with van der Waals surface area (Å²) in [4.78, 5) is 4.14. The van der Waals surface area contributed by atoms with E-state index in [-0.39, 0.29) is 0 Å². The summed E-state index contributed by atoms with van der Waals surface area (Å²) in [5, 5.41) is 15.7. The fraction of sp³-hybridized carbons (Fsp3) is 0.600. The van der Waals surface area contributed by atoms with Crippen LogP contribution in [-0.4, -0.2) is 24.4 Å². The lowest BCUT2D eigenvalue weighted by Crippen LogP contribution is -2.12. The van der Waals surface area contributed by atoms with Gasteiger partial charge in [-0.25, -0.2) is 4.98 Å². The van der Waals surface area contributed by atoms with Crippen LogP contribution in [0.15, 0.2) is 12.5 Å². The molecule has 6 heteroatoms. The van der Waals surface area contributed by atoms with Gasteiger partial charge in [0.05, 0.1) is 34.6 Å². The lowest BCUT2D eigenvalue weighted by molar-refractivity contribution is 0.165. The van der Waals surface area contributed by atoms with Gasteiger partial charge in [-0.05, 0) is 19.8 Å². The van der Waals surface area contributed by atoms with Gasteiger partial charge < -0.3 is 9.67 Å². The third-order valence-corrected chi connectivity index (χ3v) is 4.07. The molecule has 21 heavy (non-hydrogen) atoms. The molecule has 2 heterocycles. The summed E-state index contributed by atoms with van der Waals surface area (Å²) in [5.74, 6) is 0. The summed E-state index contributed by atoms with van der Waals surface area (Å²) < 4.78 is 3.87. The quantitative estimate of drug-likeness (QED) is 0.855. The van der Waals surface area contributed by atoms with Crippen LogP contribution in [0.4, 0.5) is 0 Å². The van der Waals surface area contributed by atoms with E-state index in [0.717, 1.165) is 43.0 Å². The van der Waals surface area contributed by atoms with Crippen LogP contribution in [0.5, 0.6) is 0 Å². The Hall–Kier alpha value is -1.33. The van der Waals surface area contributed by atoms with Crippen molar-refractivity contribution in [1.29, 1.82) is 0 Å². The van der Waals surface area contributed by atoms with Gasteiger partial charge in [-0.3, -0.25) is 4.68 Å². The predicted molar refractivity (Wildman–Crippen MR) is 83.5 cm³/mol. The molecule has 0 saturated carbocycles. The van der Waals surface area contributed by atoms with Gasteiger partial charge in [0.1, 0.15) is 6.10 Å². The minimum atomic E-state index is -0.622. The number of halogens is 1. The number of hydrogen-bond donors (Lipinski definition) is 1. The molecule has 1 N–H and O–H groups in total. The lowest BCUT2D eigenvalue weighted by Gasteiger charge is -2.14. The van der Waals surface area contributed by atoms with Crippen LogP contribution in [0.3, 0.4) is 0 Å². The van der Waals surface area contributed by atoms with Crippen molar-refractivity contribution >= 4 is 11.6 Å². The highest BCUT2D eigenvalue weighted by atomic mass is 35.5. The molecule has 0 fully saturated rings. The lowest BCUT2D eigenvalue weighted by atomic mass is 10.1. The van der Waals surface area contributed by atoms with E-state index >= 15 is 0 Å². The predicted octanol–water partition coefficient (Wildman–Crippen LogP) is 3.00. The highest BCUT2D eigenvalue weighted by Gasteiger charge is 2.20. The third kappa shape index (κ3) is 3.30. The number of aryl methyl sites for hydroxylation is 3. The molecule has 2 rings (SSSR count). The van der Waals surface area contributed by atoms with Crippen LogP contribution in [0.2, 0.25) is 5.02 Å². The van der Waals surface area contributed by atoms with E-state index in [1.807, 2.05) is 23.1 Å². The number of hydrogen-bond acceptors (Lipinski definition) is 3. The first-order valence-corrected chi connectivity index (χ1v) is 7.92. The van der Waals surface area contributed by atoms with Crippen molar-refractivity contribution in [2.24, 2.45) is 0 Å². The second-order valence-corrected chi connectivity index (χ2v) is 5.49. The first-order valence-electron chi connectivity index (χ1n) is 7.54. The second kappa shape index (κ2) is 7.09. The Kier molecular flexibility index (Phi) is 5.42. The molecule has 0 aliphatic heterocycles. The Balaban J connectivity index is 2.24. The zero-order chi connectivity index (χ0) is 15.4. The van der Waals surface area contributed by atoms with Crippen molar-refractivity contribution in [3.63, 3.8) is 0 Å². The molecule has 116 valence electrons. The number of aliphatic hydroxyl groups is 1.